The van der Waals surface area contributed by atoms with Crippen molar-refractivity contribution in [3.8, 4) is 0 Å². The summed E-state index contributed by atoms with van der Waals surface area (Å²) in [4.78, 5) is 14.5. The number of nitrogens with zero attached hydrogens (tertiary/aromatic N) is 1. The van der Waals surface area contributed by atoms with Crippen LogP contribution >= 0.6 is 15.9 Å². The Labute approximate surface area is 107 Å². The number of alkyl halides is 3. The van der Waals surface area contributed by atoms with Crippen LogP contribution in [0.2, 0.25) is 0 Å². The number of hydrogen-bond donors (Lipinski definition) is 1. The van der Waals surface area contributed by atoms with Crippen LogP contribution in [0, 0.1) is 0 Å². The van der Waals surface area contributed by atoms with E-state index in [1.807, 2.05) is 0 Å². The van der Waals surface area contributed by atoms with Crippen LogP contribution in [0.5, 0.6) is 0 Å². The Morgan fingerprint density at radius 2 is 1.89 bits per heavy atom. The lowest BCUT2D eigenvalue weighted by Gasteiger charge is -2.12. The highest BCUT2D eigenvalue weighted by Crippen LogP contribution is 2.37. The topological polar surface area (TPSA) is 50.2 Å². The highest BCUT2D eigenvalue weighted by Gasteiger charge is 2.37. The van der Waals surface area contributed by atoms with Gasteiger partial charge in [-0.15, -0.1) is 0 Å². The third kappa shape index (κ3) is 2.05. The lowest BCUT2D eigenvalue weighted by atomic mass is 10.1. The largest absolute Gasteiger partial charge is 0.478 e. The molecule has 0 fully saturated rings. The molecule has 0 aliphatic heterocycles. The molecular formula is C11H5BrF3NO2. The zero-order valence-corrected chi connectivity index (χ0v) is 10.2. The van der Waals surface area contributed by atoms with Crippen LogP contribution in [0.4, 0.5) is 13.2 Å². The van der Waals surface area contributed by atoms with Crippen molar-refractivity contribution in [1.82, 2.24) is 4.98 Å². The van der Waals surface area contributed by atoms with Crippen LogP contribution in [0.3, 0.4) is 0 Å². The summed E-state index contributed by atoms with van der Waals surface area (Å²) in [7, 11) is 0. The Morgan fingerprint density at radius 3 is 2.44 bits per heavy atom. The molecule has 3 nitrogen and oxygen atoms in total. The molecule has 1 aromatic carbocycles. The molecule has 1 aromatic heterocycles. The summed E-state index contributed by atoms with van der Waals surface area (Å²) in [6.45, 7) is 0. The maximum atomic E-state index is 12.7. The van der Waals surface area contributed by atoms with Gasteiger partial charge in [0.05, 0.1) is 15.6 Å². The van der Waals surface area contributed by atoms with Crippen LogP contribution in [0.25, 0.3) is 10.9 Å². The molecule has 0 bridgehead atoms. The molecule has 0 saturated carbocycles. The Kier molecular flexibility index (Phi) is 3.02. The van der Waals surface area contributed by atoms with E-state index >= 15 is 0 Å². The monoisotopic (exact) mass is 319 g/mol. The number of carboxylic acids is 1. The standard InChI is InChI=1S/C11H5BrF3NO2/c12-8-7(10(17)18)5-3-1-2-4-6(5)16-9(8)11(13,14)15/h1-4H,(H,17,18). The molecule has 1 heterocycles. The van der Waals surface area contributed by atoms with Crippen LogP contribution in [0.15, 0.2) is 28.7 Å². The molecule has 7 heteroatoms. The fraction of sp³-hybridized carbons (Fsp3) is 0.0909. The summed E-state index contributed by atoms with van der Waals surface area (Å²) in [5.41, 5.74) is -1.68. The number of hydrogen-bond acceptors (Lipinski definition) is 2. The molecular weight excluding hydrogens is 315 g/mol. The number of benzene rings is 1. The van der Waals surface area contributed by atoms with E-state index < -0.39 is 27.9 Å². The van der Waals surface area contributed by atoms with Gasteiger partial charge in [-0.1, -0.05) is 18.2 Å². The number of rotatable bonds is 1. The number of pyridine rings is 1. The predicted octanol–water partition coefficient (Wildman–Crippen LogP) is 3.71. The smallest absolute Gasteiger partial charge is 0.434 e. The van der Waals surface area contributed by atoms with E-state index in [9.17, 15) is 18.0 Å². The van der Waals surface area contributed by atoms with Crippen molar-refractivity contribution in [3.63, 3.8) is 0 Å². The minimum absolute atomic E-state index is 0.00887. The van der Waals surface area contributed by atoms with Gasteiger partial charge in [-0.2, -0.15) is 13.2 Å². The van der Waals surface area contributed by atoms with Gasteiger partial charge < -0.3 is 5.11 Å². The number of para-hydroxylation sites is 1. The first-order chi connectivity index (χ1) is 8.32. The molecule has 2 aromatic rings. The first-order valence-electron chi connectivity index (χ1n) is 4.71. The van der Waals surface area contributed by atoms with Gasteiger partial charge >= 0.3 is 12.1 Å². The Bertz CT molecular complexity index is 640. The van der Waals surface area contributed by atoms with Crippen molar-refractivity contribution < 1.29 is 23.1 Å². The summed E-state index contributed by atoms with van der Waals surface area (Å²) >= 11 is 2.68. The normalized spacial score (nSPS) is 11.8. The number of carbonyl (C=O) groups is 1. The van der Waals surface area contributed by atoms with Gasteiger partial charge in [0.2, 0.25) is 0 Å². The number of aromatic nitrogens is 1. The van der Waals surface area contributed by atoms with Crippen molar-refractivity contribution in [2.75, 3.05) is 0 Å². The summed E-state index contributed by atoms with van der Waals surface area (Å²) in [5, 5.41) is 9.19. The van der Waals surface area contributed by atoms with Crippen LogP contribution in [0.1, 0.15) is 16.1 Å². The third-order valence-electron chi connectivity index (χ3n) is 2.32. The van der Waals surface area contributed by atoms with E-state index in [1.54, 1.807) is 0 Å². The van der Waals surface area contributed by atoms with Gasteiger partial charge in [0, 0.05) is 5.39 Å². The molecule has 18 heavy (non-hydrogen) atoms. The molecule has 0 atom stereocenters. The summed E-state index contributed by atoms with van der Waals surface area (Å²) in [6, 6.07) is 5.78. The maximum Gasteiger partial charge on any atom is 0.434 e. The lowest BCUT2D eigenvalue weighted by Crippen LogP contribution is -2.13. The first kappa shape index (κ1) is 12.8. The second-order valence-corrected chi connectivity index (χ2v) is 4.26. The summed E-state index contributed by atoms with van der Waals surface area (Å²) in [6.07, 6.45) is -4.72. The highest BCUT2D eigenvalue weighted by molar-refractivity contribution is 9.10. The summed E-state index contributed by atoms with van der Waals surface area (Å²) < 4.78 is 37.6. The van der Waals surface area contributed by atoms with E-state index in [1.165, 1.54) is 24.3 Å². The molecule has 0 amide bonds. The predicted molar refractivity (Wildman–Crippen MR) is 61.4 cm³/mol. The SMILES string of the molecule is O=C(O)c1c(Br)c(C(F)(F)F)nc2ccccc12. The van der Waals surface area contributed by atoms with Crippen LogP contribution in [-0.2, 0) is 6.18 Å². The molecule has 0 aliphatic carbocycles. The van der Waals surface area contributed by atoms with Gasteiger partial charge in [0.25, 0.3) is 0 Å². The van der Waals surface area contributed by atoms with Gasteiger partial charge in [-0.25, -0.2) is 9.78 Å². The fourth-order valence-corrected chi connectivity index (χ4v) is 2.28. The van der Waals surface area contributed by atoms with Gasteiger partial charge in [-0.3, -0.25) is 0 Å². The molecule has 2 rings (SSSR count). The van der Waals surface area contributed by atoms with Gasteiger partial charge in [0.15, 0.2) is 5.69 Å². The Hall–Kier alpha value is -1.63. The van der Waals surface area contributed by atoms with Gasteiger partial charge in [0.1, 0.15) is 0 Å². The minimum Gasteiger partial charge on any atom is -0.478 e. The number of fused-ring (bicyclic) bond motifs is 1. The molecule has 0 saturated heterocycles. The second-order valence-electron chi connectivity index (χ2n) is 3.47. The number of halogens is 4. The minimum atomic E-state index is -4.72. The Morgan fingerprint density at radius 1 is 1.28 bits per heavy atom. The first-order valence-corrected chi connectivity index (χ1v) is 5.50. The van der Waals surface area contributed by atoms with E-state index in [-0.39, 0.29) is 10.9 Å². The second kappa shape index (κ2) is 4.24. The van der Waals surface area contributed by atoms with E-state index in [2.05, 4.69) is 20.9 Å². The quantitative estimate of drug-likeness (QED) is 0.871. The van der Waals surface area contributed by atoms with Crippen molar-refractivity contribution in [2.45, 2.75) is 6.18 Å². The van der Waals surface area contributed by atoms with Crippen LogP contribution in [-0.4, -0.2) is 16.1 Å². The molecule has 94 valence electrons. The molecule has 1 N–H and O–H groups in total. The van der Waals surface area contributed by atoms with Crippen molar-refractivity contribution >= 4 is 32.8 Å². The van der Waals surface area contributed by atoms with Crippen LogP contribution < -0.4 is 0 Å². The zero-order valence-electron chi connectivity index (χ0n) is 8.62. The fourth-order valence-electron chi connectivity index (χ4n) is 1.59. The number of aromatic carboxylic acids is 1. The van der Waals surface area contributed by atoms with Gasteiger partial charge in [-0.05, 0) is 22.0 Å². The van der Waals surface area contributed by atoms with E-state index in [4.69, 9.17) is 5.11 Å². The zero-order chi connectivity index (χ0) is 13.5. The lowest BCUT2D eigenvalue weighted by molar-refractivity contribution is -0.141. The molecule has 0 spiro atoms. The number of carboxylic acid groups (broad SMARTS) is 1. The highest BCUT2D eigenvalue weighted by atomic mass is 79.9. The van der Waals surface area contributed by atoms with Crippen molar-refractivity contribution in [3.05, 3.63) is 40.0 Å². The van der Waals surface area contributed by atoms with Crippen molar-refractivity contribution in [2.24, 2.45) is 0 Å². The third-order valence-corrected chi connectivity index (χ3v) is 3.09. The molecule has 0 unspecified atom stereocenters. The Balaban J connectivity index is 2.93. The summed E-state index contributed by atoms with van der Waals surface area (Å²) in [5.74, 6) is -1.44. The van der Waals surface area contributed by atoms with E-state index in [0.717, 1.165) is 0 Å². The maximum absolute atomic E-state index is 12.7. The molecule has 0 radical (unpaired) electrons. The average molecular weight is 320 g/mol. The van der Waals surface area contributed by atoms with E-state index in [0.29, 0.717) is 0 Å². The average Bonchev–Trinajstić information content (AvgIpc) is 2.26. The molecule has 0 aliphatic rings. The van der Waals surface area contributed by atoms with Crippen molar-refractivity contribution in [1.29, 1.82) is 0 Å².